The average molecular weight is 349 g/mol. The average Bonchev–Trinajstić information content (AvgIpc) is 2.45. The maximum Gasteiger partial charge on any atom is 0.319 e. The first-order valence-electron chi connectivity index (χ1n) is 8.54. The van der Waals surface area contributed by atoms with E-state index in [1.165, 1.54) is 11.8 Å². The molecule has 0 spiro atoms. The lowest BCUT2D eigenvalue weighted by atomic mass is 10.3. The summed E-state index contributed by atoms with van der Waals surface area (Å²) in [5.74, 6) is 0.199. The van der Waals surface area contributed by atoms with Gasteiger partial charge in [0.05, 0.1) is 47.3 Å². The van der Waals surface area contributed by atoms with E-state index in [-0.39, 0.29) is 18.4 Å². The van der Waals surface area contributed by atoms with Crippen molar-refractivity contribution in [3.8, 4) is 0 Å². The van der Waals surface area contributed by atoms with E-state index in [4.69, 9.17) is 9.47 Å². The zero-order valence-corrected chi connectivity index (χ0v) is 16.2. The van der Waals surface area contributed by atoms with Crippen LogP contribution in [0, 0.1) is 0 Å². The predicted octanol–water partition coefficient (Wildman–Crippen LogP) is 2.87. The number of unbranched alkanes of at least 4 members (excludes halogenated alkanes) is 2. The van der Waals surface area contributed by atoms with Gasteiger partial charge in [0.1, 0.15) is 5.25 Å². The van der Waals surface area contributed by atoms with Gasteiger partial charge in [-0.3, -0.25) is 9.59 Å². The highest BCUT2D eigenvalue weighted by Crippen LogP contribution is 2.18. The number of rotatable bonds is 13. The maximum atomic E-state index is 12.2. The van der Waals surface area contributed by atoms with Crippen LogP contribution < -0.4 is 0 Å². The molecule has 0 aliphatic heterocycles. The van der Waals surface area contributed by atoms with Crippen molar-refractivity contribution in [2.45, 2.75) is 51.2 Å². The van der Waals surface area contributed by atoms with Crippen molar-refractivity contribution in [1.29, 1.82) is 0 Å². The largest absolute Gasteiger partial charge is 0.466 e. The van der Waals surface area contributed by atoms with Gasteiger partial charge in [-0.25, -0.2) is 0 Å². The van der Waals surface area contributed by atoms with Gasteiger partial charge in [-0.05, 0) is 12.8 Å². The third kappa shape index (κ3) is 13.4. The molecule has 0 saturated heterocycles. The number of ether oxygens (including phenoxy) is 2. The number of carbonyl (C=O) groups excluding carboxylic acids is 2. The normalized spacial score (nSPS) is 12.7. The Morgan fingerprint density at radius 3 is 2.09 bits per heavy atom. The number of nitrogens with zero attached hydrogens (tertiary/aromatic N) is 1. The first kappa shape index (κ1) is 22.2. The summed E-state index contributed by atoms with van der Waals surface area (Å²) in [6.45, 7) is 5.87. The summed E-state index contributed by atoms with van der Waals surface area (Å²) in [5.41, 5.74) is 0. The molecule has 0 aliphatic rings. The molecule has 0 bridgehead atoms. The van der Waals surface area contributed by atoms with Gasteiger partial charge in [-0.1, -0.05) is 26.7 Å². The molecule has 23 heavy (non-hydrogen) atoms. The minimum Gasteiger partial charge on any atom is -0.466 e. The summed E-state index contributed by atoms with van der Waals surface area (Å²) >= 11 is 1.49. The van der Waals surface area contributed by atoms with Crippen LogP contribution in [-0.2, 0) is 19.1 Å². The Balaban J connectivity index is 4.40. The smallest absolute Gasteiger partial charge is 0.319 e. The lowest BCUT2D eigenvalue weighted by Gasteiger charge is -2.24. The molecule has 0 heterocycles. The highest BCUT2D eigenvalue weighted by atomic mass is 32.2. The quantitative estimate of drug-likeness (QED) is 0.291. The summed E-state index contributed by atoms with van der Waals surface area (Å²) < 4.78 is 11.3. The number of hydrogen-bond donors (Lipinski definition) is 0. The molecular weight excluding hydrogens is 314 g/mol. The second-order valence-electron chi connectivity index (χ2n) is 6.67. The Hall–Kier alpha value is -0.750. The molecule has 0 aromatic carbocycles. The molecule has 0 radical (unpaired) electrons. The van der Waals surface area contributed by atoms with Crippen molar-refractivity contribution < 1.29 is 23.5 Å². The first-order chi connectivity index (χ1) is 10.8. The minimum absolute atomic E-state index is 0.0937. The van der Waals surface area contributed by atoms with Gasteiger partial charge in [0.25, 0.3) is 0 Å². The number of carbonyl (C=O) groups is 2. The van der Waals surface area contributed by atoms with Crippen molar-refractivity contribution >= 4 is 23.7 Å². The van der Waals surface area contributed by atoms with Crippen molar-refractivity contribution in [3.05, 3.63) is 0 Å². The van der Waals surface area contributed by atoms with Crippen LogP contribution in [0.25, 0.3) is 0 Å². The van der Waals surface area contributed by atoms with Gasteiger partial charge in [0, 0.05) is 5.75 Å². The fraction of sp³-hybridized carbons (Fsp3) is 0.882. The van der Waals surface area contributed by atoms with Crippen LogP contribution >= 0.6 is 11.8 Å². The van der Waals surface area contributed by atoms with E-state index < -0.39 is 5.25 Å². The SMILES string of the molecule is CCCCOC(=O)CC(SCC[N+](C)(C)C)C(=O)OCCCC. The van der Waals surface area contributed by atoms with E-state index in [2.05, 4.69) is 21.1 Å². The van der Waals surface area contributed by atoms with Crippen LogP contribution in [0.15, 0.2) is 0 Å². The molecule has 136 valence electrons. The number of esters is 2. The summed E-state index contributed by atoms with van der Waals surface area (Å²) in [6.07, 6.45) is 3.76. The molecule has 0 saturated carbocycles. The standard InChI is InChI=1S/C17H34NO4S/c1-6-8-11-21-16(19)14-15(17(20)22-12-9-7-2)23-13-10-18(3,4)5/h15H,6-14H2,1-5H3/q+1. The number of thioether (sulfide) groups is 1. The fourth-order valence-electron chi connectivity index (χ4n) is 1.63. The van der Waals surface area contributed by atoms with Gasteiger partial charge in [0.2, 0.25) is 0 Å². The Labute approximate surface area is 145 Å². The van der Waals surface area contributed by atoms with Crippen LogP contribution in [-0.4, -0.2) is 68.3 Å². The zero-order chi connectivity index (χ0) is 17.7. The lowest BCUT2D eigenvalue weighted by molar-refractivity contribution is -0.867. The second-order valence-corrected chi connectivity index (χ2v) is 7.98. The molecule has 0 amide bonds. The molecule has 0 fully saturated rings. The summed E-state index contributed by atoms with van der Waals surface area (Å²) in [7, 11) is 6.32. The van der Waals surface area contributed by atoms with Crippen molar-refractivity contribution in [3.63, 3.8) is 0 Å². The van der Waals surface area contributed by atoms with E-state index in [0.29, 0.717) is 13.2 Å². The second kappa shape index (κ2) is 12.6. The van der Waals surface area contributed by atoms with E-state index in [0.717, 1.165) is 42.5 Å². The summed E-state index contributed by atoms with van der Waals surface area (Å²) in [6, 6.07) is 0. The molecule has 0 rings (SSSR count). The van der Waals surface area contributed by atoms with Gasteiger partial charge >= 0.3 is 11.9 Å². The highest BCUT2D eigenvalue weighted by Gasteiger charge is 2.25. The van der Waals surface area contributed by atoms with Crippen molar-refractivity contribution in [1.82, 2.24) is 0 Å². The van der Waals surface area contributed by atoms with E-state index in [9.17, 15) is 9.59 Å². The molecule has 1 unspecified atom stereocenters. The van der Waals surface area contributed by atoms with Gasteiger partial charge in [-0.2, -0.15) is 0 Å². The maximum absolute atomic E-state index is 12.2. The van der Waals surface area contributed by atoms with Gasteiger partial charge in [-0.15, -0.1) is 11.8 Å². The van der Waals surface area contributed by atoms with Crippen LogP contribution in [0.1, 0.15) is 46.0 Å². The third-order valence-corrected chi connectivity index (χ3v) is 4.38. The Kier molecular flexibility index (Phi) is 12.2. The Morgan fingerprint density at radius 1 is 1.00 bits per heavy atom. The van der Waals surface area contributed by atoms with Gasteiger partial charge in [0.15, 0.2) is 0 Å². The Bertz CT molecular complexity index is 342. The Morgan fingerprint density at radius 2 is 1.57 bits per heavy atom. The van der Waals surface area contributed by atoms with E-state index >= 15 is 0 Å². The van der Waals surface area contributed by atoms with E-state index in [1.54, 1.807) is 0 Å². The predicted molar refractivity (Wildman–Crippen MR) is 95.5 cm³/mol. The molecule has 6 heteroatoms. The number of hydrogen-bond acceptors (Lipinski definition) is 5. The van der Waals surface area contributed by atoms with Crippen molar-refractivity contribution in [2.75, 3.05) is 46.7 Å². The monoisotopic (exact) mass is 348 g/mol. The van der Waals surface area contributed by atoms with Gasteiger partial charge < -0.3 is 14.0 Å². The summed E-state index contributed by atoms with van der Waals surface area (Å²) in [5, 5.41) is -0.465. The molecule has 0 aliphatic carbocycles. The van der Waals surface area contributed by atoms with Crippen LogP contribution in [0.2, 0.25) is 0 Å². The third-order valence-electron chi connectivity index (χ3n) is 3.20. The lowest BCUT2D eigenvalue weighted by Crippen LogP contribution is -2.37. The molecule has 1 atom stereocenters. The number of quaternary nitrogens is 1. The summed E-state index contributed by atoms with van der Waals surface area (Å²) in [4.78, 5) is 24.1. The molecule has 5 nitrogen and oxygen atoms in total. The van der Waals surface area contributed by atoms with Crippen LogP contribution in [0.5, 0.6) is 0 Å². The van der Waals surface area contributed by atoms with Crippen LogP contribution in [0.4, 0.5) is 0 Å². The molecule has 0 aromatic rings. The van der Waals surface area contributed by atoms with E-state index in [1.807, 2.05) is 13.8 Å². The minimum atomic E-state index is -0.465. The van der Waals surface area contributed by atoms with Crippen LogP contribution in [0.3, 0.4) is 0 Å². The zero-order valence-electron chi connectivity index (χ0n) is 15.4. The fourth-order valence-corrected chi connectivity index (χ4v) is 3.03. The topological polar surface area (TPSA) is 52.6 Å². The molecule has 0 aromatic heterocycles. The first-order valence-corrected chi connectivity index (χ1v) is 9.59. The molecular formula is C17H34NO4S+. The van der Waals surface area contributed by atoms with Crippen molar-refractivity contribution in [2.24, 2.45) is 0 Å². The highest BCUT2D eigenvalue weighted by molar-refractivity contribution is 8.00. The molecule has 0 N–H and O–H groups in total.